The third-order valence-corrected chi connectivity index (χ3v) is 6.03. The first kappa shape index (κ1) is 21.5. The summed E-state index contributed by atoms with van der Waals surface area (Å²) in [6.07, 6.45) is 1.37. The Hall–Kier alpha value is -2.22. The number of halogens is 1. The van der Waals surface area contributed by atoms with Crippen LogP contribution in [0, 0.1) is 0 Å². The zero-order chi connectivity index (χ0) is 21.0. The fourth-order valence-corrected chi connectivity index (χ4v) is 4.40. The first-order valence-corrected chi connectivity index (χ1v) is 10.8. The van der Waals surface area contributed by atoms with Crippen LogP contribution in [0.25, 0.3) is 6.08 Å². The number of carbonyl (C=O) groups excluding carboxylic acids is 3. The van der Waals surface area contributed by atoms with Crippen molar-refractivity contribution in [2.24, 2.45) is 0 Å². The lowest BCUT2D eigenvalue weighted by atomic mass is 10.2. The summed E-state index contributed by atoms with van der Waals surface area (Å²) >= 11 is 8.29. The molecule has 0 aromatic heterocycles. The first-order valence-electron chi connectivity index (χ1n) is 8.81. The van der Waals surface area contributed by atoms with E-state index in [1.165, 1.54) is 11.8 Å². The summed E-state index contributed by atoms with van der Waals surface area (Å²) in [5.41, 5.74) is 0.808. The molecule has 0 spiro atoms. The molecular weight excluding hydrogens is 430 g/mol. The number of thioether (sulfide) groups is 1. The van der Waals surface area contributed by atoms with Crippen molar-refractivity contribution in [1.82, 2.24) is 4.90 Å². The number of hydrogen-bond acceptors (Lipinski definition) is 6. The van der Waals surface area contributed by atoms with Crippen molar-refractivity contribution in [2.75, 3.05) is 6.54 Å². The van der Waals surface area contributed by atoms with Gasteiger partial charge in [-0.05, 0) is 67.6 Å². The van der Waals surface area contributed by atoms with Crippen LogP contribution in [-0.4, -0.2) is 34.7 Å². The lowest BCUT2D eigenvalue weighted by Gasteiger charge is -2.13. The van der Waals surface area contributed by atoms with E-state index in [-0.39, 0.29) is 17.6 Å². The Balaban J connectivity index is 1.80. The number of imide groups is 1. The van der Waals surface area contributed by atoms with Crippen LogP contribution in [0.4, 0.5) is 4.79 Å². The van der Waals surface area contributed by atoms with E-state index in [1.807, 2.05) is 48.5 Å². The highest BCUT2D eigenvalue weighted by Gasteiger charge is 2.36. The first-order chi connectivity index (χ1) is 13.8. The summed E-state index contributed by atoms with van der Waals surface area (Å²) in [5, 5.41) is 0.178. The van der Waals surface area contributed by atoms with Gasteiger partial charge in [0.15, 0.2) is 0 Å². The fraction of sp³-hybridized carbons (Fsp3) is 0.190. The predicted molar refractivity (Wildman–Crippen MR) is 116 cm³/mol. The predicted octanol–water partition coefficient (Wildman–Crippen LogP) is 5.48. The van der Waals surface area contributed by atoms with Crippen LogP contribution in [0.3, 0.4) is 0 Å². The number of nitrogens with zero attached hydrogens (tertiary/aromatic N) is 1. The average molecular weight is 448 g/mol. The van der Waals surface area contributed by atoms with Gasteiger partial charge in [-0.15, -0.1) is 0 Å². The van der Waals surface area contributed by atoms with E-state index in [0.29, 0.717) is 5.02 Å². The monoisotopic (exact) mass is 447 g/mol. The summed E-state index contributed by atoms with van der Waals surface area (Å²) in [7, 11) is 0. The van der Waals surface area contributed by atoms with E-state index in [9.17, 15) is 14.4 Å². The maximum Gasteiger partial charge on any atom is 0.326 e. The van der Waals surface area contributed by atoms with E-state index < -0.39 is 17.1 Å². The minimum atomic E-state index is -0.609. The second-order valence-corrected chi connectivity index (χ2v) is 8.95. The largest absolute Gasteiger partial charge is 0.462 e. The zero-order valence-corrected chi connectivity index (χ0v) is 18.1. The number of hydrogen-bond donors (Lipinski definition) is 0. The Kier molecular flexibility index (Phi) is 7.05. The molecule has 1 saturated heterocycles. The molecule has 2 aromatic rings. The zero-order valence-electron chi connectivity index (χ0n) is 15.8. The molecule has 2 aromatic carbocycles. The second kappa shape index (κ2) is 9.52. The van der Waals surface area contributed by atoms with Crippen LogP contribution >= 0.6 is 35.1 Å². The summed E-state index contributed by atoms with van der Waals surface area (Å²) < 4.78 is 5.03. The minimum Gasteiger partial charge on any atom is -0.462 e. The third kappa shape index (κ3) is 5.65. The summed E-state index contributed by atoms with van der Waals surface area (Å²) in [6, 6.07) is 15.0. The van der Waals surface area contributed by atoms with Gasteiger partial charge in [0.05, 0.1) is 11.0 Å². The molecule has 0 bridgehead atoms. The van der Waals surface area contributed by atoms with Gasteiger partial charge in [0, 0.05) is 14.8 Å². The van der Waals surface area contributed by atoms with Crippen molar-refractivity contribution in [1.29, 1.82) is 0 Å². The lowest BCUT2D eigenvalue weighted by Crippen LogP contribution is -2.35. The number of ether oxygens (including phenoxy) is 1. The molecule has 1 aliphatic rings. The van der Waals surface area contributed by atoms with E-state index in [2.05, 4.69) is 0 Å². The fourth-order valence-electron chi connectivity index (χ4n) is 2.53. The van der Waals surface area contributed by atoms with Gasteiger partial charge in [0.1, 0.15) is 6.54 Å². The number of esters is 1. The van der Waals surface area contributed by atoms with Crippen molar-refractivity contribution in [3.63, 3.8) is 0 Å². The van der Waals surface area contributed by atoms with Gasteiger partial charge < -0.3 is 4.74 Å². The highest BCUT2D eigenvalue weighted by Crippen LogP contribution is 2.36. The molecule has 29 heavy (non-hydrogen) atoms. The molecule has 8 heteroatoms. The molecule has 2 amide bonds. The Morgan fingerprint density at radius 2 is 1.86 bits per heavy atom. The van der Waals surface area contributed by atoms with Gasteiger partial charge in [-0.1, -0.05) is 41.6 Å². The van der Waals surface area contributed by atoms with E-state index >= 15 is 0 Å². The van der Waals surface area contributed by atoms with E-state index in [4.69, 9.17) is 16.3 Å². The molecule has 1 aliphatic heterocycles. The van der Waals surface area contributed by atoms with Crippen LogP contribution in [0.5, 0.6) is 0 Å². The molecule has 0 atom stereocenters. The molecule has 3 rings (SSSR count). The number of rotatable bonds is 6. The van der Waals surface area contributed by atoms with Crippen molar-refractivity contribution >= 4 is 58.3 Å². The molecule has 150 valence electrons. The molecule has 1 fully saturated rings. The summed E-state index contributed by atoms with van der Waals surface area (Å²) in [5.74, 6) is -1.10. The van der Waals surface area contributed by atoms with Crippen LogP contribution in [0.15, 0.2) is 63.2 Å². The summed E-state index contributed by atoms with van der Waals surface area (Å²) in [4.78, 5) is 39.8. The maximum absolute atomic E-state index is 12.6. The second-order valence-electron chi connectivity index (χ2n) is 6.40. The van der Waals surface area contributed by atoms with E-state index in [0.717, 1.165) is 32.0 Å². The molecule has 0 unspecified atom stereocenters. The van der Waals surface area contributed by atoms with Crippen LogP contribution < -0.4 is 0 Å². The van der Waals surface area contributed by atoms with Crippen LogP contribution in [-0.2, 0) is 14.3 Å². The maximum atomic E-state index is 12.6. The molecule has 0 radical (unpaired) electrons. The van der Waals surface area contributed by atoms with Gasteiger partial charge in [-0.25, -0.2) is 0 Å². The van der Waals surface area contributed by atoms with Crippen LogP contribution in [0.2, 0.25) is 5.02 Å². The molecule has 1 heterocycles. The molecule has 5 nitrogen and oxygen atoms in total. The van der Waals surface area contributed by atoms with Crippen molar-refractivity contribution in [3.05, 3.63) is 64.0 Å². The van der Waals surface area contributed by atoms with Gasteiger partial charge >= 0.3 is 5.97 Å². The van der Waals surface area contributed by atoms with E-state index in [1.54, 1.807) is 19.9 Å². The highest BCUT2D eigenvalue weighted by atomic mass is 35.5. The average Bonchev–Trinajstić information content (AvgIpc) is 2.92. The Bertz CT molecular complexity index is 973. The van der Waals surface area contributed by atoms with Crippen molar-refractivity contribution < 1.29 is 19.1 Å². The van der Waals surface area contributed by atoms with Gasteiger partial charge in [-0.3, -0.25) is 19.3 Å². The quantitative estimate of drug-likeness (QED) is 0.431. The molecule has 0 N–H and O–H groups in total. The highest BCUT2D eigenvalue weighted by molar-refractivity contribution is 8.18. The van der Waals surface area contributed by atoms with Crippen molar-refractivity contribution in [3.8, 4) is 0 Å². The van der Waals surface area contributed by atoms with Gasteiger partial charge in [0.25, 0.3) is 11.1 Å². The minimum absolute atomic E-state index is 0.275. The molecular formula is C21H18ClNO4S2. The van der Waals surface area contributed by atoms with Gasteiger partial charge in [-0.2, -0.15) is 0 Å². The molecule has 0 saturated carbocycles. The topological polar surface area (TPSA) is 63.7 Å². The molecule has 0 aliphatic carbocycles. The summed E-state index contributed by atoms with van der Waals surface area (Å²) in [6.45, 7) is 3.03. The Morgan fingerprint density at radius 1 is 1.17 bits per heavy atom. The number of carbonyl (C=O) groups is 3. The number of benzene rings is 2. The third-order valence-electron chi connectivity index (χ3n) is 3.78. The lowest BCUT2D eigenvalue weighted by molar-refractivity contribution is -0.149. The Morgan fingerprint density at radius 3 is 2.55 bits per heavy atom. The number of amides is 2. The van der Waals surface area contributed by atoms with Crippen LogP contribution in [0.1, 0.15) is 19.4 Å². The SMILES string of the molecule is CC(C)OC(=O)CN1C(=O)S/C(=C\c2ccccc2Sc2ccc(Cl)cc2)C1=O. The van der Waals surface area contributed by atoms with Gasteiger partial charge in [0.2, 0.25) is 0 Å². The Labute approximate surface area is 182 Å². The normalized spacial score (nSPS) is 15.4. The van der Waals surface area contributed by atoms with Crippen molar-refractivity contribution in [2.45, 2.75) is 29.7 Å². The smallest absolute Gasteiger partial charge is 0.326 e. The standard InChI is InChI=1S/C21H18ClNO4S2/c1-13(2)27-19(24)12-23-20(25)18(29-21(23)26)11-14-5-3-4-6-17(14)28-16-9-7-15(22)8-10-16/h3-11,13H,12H2,1-2H3/b18-11-.